The molecule has 3 aromatic carbocycles. The molecule has 6 nitrogen and oxygen atoms in total. The van der Waals surface area contributed by atoms with Crippen molar-refractivity contribution in [3.05, 3.63) is 117 Å². The topological polar surface area (TPSA) is 64.4 Å². The van der Waals surface area contributed by atoms with Gasteiger partial charge in [-0.15, -0.1) is 0 Å². The highest BCUT2D eigenvalue weighted by Crippen LogP contribution is 2.28. The minimum Gasteiger partial charge on any atom is -0.481 e. The van der Waals surface area contributed by atoms with E-state index in [1.165, 1.54) is 0 Å². The molecule has 0 spiro atoms. The normalized spacial score (nSPS) is 13.1. The number of ether oxygens (including phenoxy) is 1. The molecule has 0 bridgehead atoms. The van der Waals surface area contributed by atoms with E-state index in [2.05, 4.69) is 47.9 Å². The van der Waals surface area contributed by atoms with E-state index in [1.807, 2.05) is 66.9 Å². The fourth-order valence-corrected chi connectivity index (χ4v) is 5.09. The lowest BCUT2D eigenvalue weighted by Gasteiger charge is -2.34. The number of benzene rings is 3. The van der Waals surface area contributed by atoms with Crippen molar-refractivity contribution in [1.82, 2.24) is 14.5 Å². The molecule has 2 heterocycles. The van der Waals surface area contributed by atoms with Gasteiger partial charge in [-0.1, -0.05) is 78.9 Å². The van der Waals surface area contributed by atoms with Gasteiger partial charge < -0.3 is 14.2 Å². The molecule has 1 aliphatic heterocycles. The van der Waals surface area contributed by atoms with Crippen LogP contribution in [0.2, 0.25) is 0 Å². The Morgan fingerprint density at radius 1 is 0.895 bits per heavy atom. The third-order valence-electron chi connectivity index (χ3n) is 6.91. The van der Waals surface area contributed by atoms with Crippen molar-refractivity contribution in [2.75, 3.05) is 6.54 Å². The smallest absolute Gasteiger partial charge is 0.316 e. The molecule has 7 heteroatoms. The molecule has 5 rings (SSSR count). The first-order valence-corrected chi connectivity index (χ1v) is 13.5. The average Bonchev–Trinajstić information content (AvgIpc) is 2.94. The van der Waals surface area contributed by atoms with Crippen LogP contribution >= 0.6 is 12.6 Å². The summed E-state index contributed by atoms with van der Waals surface area (Å²) in [6.45, 7) is 5.24. The Balaban J connectivity index is 1.56. The van der Waals surface area contributed by atoms with Crippen LogP contribution in [0.5, 0.6) is 5.75 Å². The van der Waals surface area contributed by atoms with E-state index in [0.29, 0.717) is 31.1 Å². The molecular weight excluding hydrogens is 494 g/mol. The first-order valence-electron chi connectivity index (χ1n) is 12.9. The van der Waals surface area contributed by atoms with Gasteiger partial charge >= 0.3 is 5.56 Å². The molecule has 1 aliphatic rings. The molecule has 38 heavy (non-hydrogen) atoms. The minimum absolute atomic E-state index is 0.00546. The van der Waals surface area contributed by atoms with Crippen LogP contribution in [0.1, 0.15) is 46.9 Å². The van der Waals surface area contributed by atoms with Crippen molar-refractivity contribution >= 4 is 18.5 Å². The van der Waals surface area contributed by atoms with Crippen LogP contribution in [0.25, 0.3) is 11.1 Å². The van der Waals surface area contributed by atoms with Crippen molar-refractivity contribution in [2.24, 2.45) is 0 Å². The van der Waals surface area contributed by atoms with Gasteiger partial charge in [-0.05, 0) is 41.7 Å². The van der Waals surface area contributed by atoms with Gasteiger partial charge in [0.05, 0.1) is 0 Å². The van der Waals surface area contributed by atoms with Crippen LogP contribution in [-0.4, -0.2) is 32.9 Å². The Bertz CT molecular complexity index is 1500. The van der Waals surface area contributed by atoms with Crippen LogP contribution in [-0.2, 0) is 25.3 Å². The van der Waals surface area contributed by atoms with Crippen LogP contribution in [0.4, 0.5) is 0 Å². The molecule has 194 valence electrons. The van der Waals surface area contributed by atoms with E-state index in [1.54, 1.807) is 4.90 Å². The molecule has 0 atom stereocenters. The van der Waals surface area contributed by atoms with Crippen molar-refractivity contribution in [2.45, 2.75) is 45.2 Å². The second kappa shape index (κ2) is 11.3. The molecular formula is C31H31N3O3S. The van der Waals surface area contributed by atoms with Crippen LogP contribution < -0.4 is 10.3 Å². The highest BCUT2D eigenvalue weighted by atomic mass is 32.1. The van der Waals surface area contributed by atoms with Crippen LogP contribution in [0.3, 0.4) is 0 Å². The number of hydrogen-bond acceptors (Lipinski definition) is 5. The number of fused-ring (bicyclic) bond motifs is 1. The highest BCUT2D eigenvalue weighted by Gasteiger charge is 2.33. The Morgan fingerprint density at radius 3 is 2.32 bits per heavy atom. The molecule has 1 amide bonds. The molecule has 1 aromatic heterocycles. The summed E-state index contributed by atoms with van der Waals surface area (Å²) >= 11 is 4.36. The summed E-state index contributed by atoms with van der Waals surface area (Å²) in [5, 5.41) is 0. The van der Waals surface area contributed by atoms with Crippen molar-refractivity contribution in [3.8, 4) is 16.9 Å². The molecule has 4 aromatic rings. The molecule has 0 saturated heterocycles. The van der Waals surface area contributed by atoms with Gasteiger partial charge in [0.2, 0.25) is 5.75 Å². The fraction of sp³-hybridized carbons (Fsp3) is 0.258. The second-order valence-corrected chi connectivity index (χ2v) is 10.0. The Kier molecular flexibility index (Phi) is 7.65. The second-order valence-electron chi connectivity index (χ2n) is 9.72. The number of rotatable bonds is 8. The largest absolute Gasteiger partial charge is 0.481 e. The predicted molar refractivity (Wildman–Crippen MR) is 153 cm³/mol. The van der Waals surface area contributed by atoms with E-state index < -0.39 is 5.56 Å². The van der Waals surface area contributed by atoms with Gasteiger partial charge in [0, 0.05) is 31.3 Å². The lowest BCUT2D eigenvalue weighted by atomic mass is 9.96. The number of thiol groups is 1. The summed E-state index contributed by atoms with van der Waals surface area (Å²) < 4.78 is 7.87. The number of aromatic nitrogens is 2. The zero-order chi connectivity index (χ0) is 26.6. The van der Waals surface area contributed by atoms with Gasteiger partial charge in [0.1, 0.15) is 12.4 Å². The van der Waals surface area contributed by atoms with Crippen molar-refractivity contribution in [1.29, 1.82) is 0 Å². The average molecular weight is 526 g/mol. The number of carbonyl (C=O) groups is 1. The quantitative estimate of drug-likeness (QED) is 0.314. The molecule has 0 N–H and O–H groups in total. The SMILES string of the molecule is CC(C)N1CCn2c(Cc3ccccc3-c3ccc(CS)cc3)nc(=O)c(OCc3ccccc3)c2C1=O. The lowest BCUT2D eigenvalue weighted by Crippen LogP contribution is -2.46. The Hall–Kier alpha value is -3.84. The first-order chi connectivity index (χ1) is 18.5. The van der Waals surface area contributed by atoms with Gasteiger partial charge in [0.15, 0.2) is 5.69 Å². The number of nitrogens with zero attached hydrogens (tertiary/aromatic N) is 3. The standard InChI is InChI=1S/C31H31N3O3S/c1-21(2)33-16-17-34-27(18-25-10-6-7-11-26(25)24-14-12-23(20-38)13-15-24)32-30(35)29(28(34)31(33)36)37-19-22-8-4-3-5-9-22/h3-15,21,38H,16-20H2,1-2H3. The number of carbonyl (C=O) groups excluding carboxylic acids is 1. The monoisotopic (exact) mass is 525 g/mol. The lowest BCUT2D eigenvalue weighted by molar-refractivity contribution is 0.0634. The first kappa shape index (κ1) is 25.8. The van der Waals surface area contributed by atoms with Gasteiger partial charge in [-0.25, -0.2) is 0 Å². The zero-order valence-electron chi connectivity index (χ0n) is 21.6. The number of amides is 1. The summed E-state index contributed by atoms with van der Waals surface area (Å²) in [5.41, 5.74) is 5.01. The predicted octanol–water partition coefficient (Wildman–Crippen LogP) is 5.37. The van der Waals surface area contributed by atoms with Crippen molar-refractivity contribution in [3.63, 3.8) is 0 Å². The van der Waals surface area contributed by atoms with E-state index in [-0.39, 0.29) is 30.0 Å². The van der Waals surface area contributed by atoms with E-state index in [9.17, 15) is 9.59 Å². The Morgan fingerprint density at radius 2 is 1.61 bits per heavy atom. The fourth-order valence-electron chi connectivity index (χ4n) is 4.88. The summed E-state index contributed by atoms with van der Waals surface area (Å²) in [6, 6.07) is 26.0. The third-order valence-corrected chi connectivity index (χ3v) is 7.28. The highest BCUT2D eigenvalue weighted by molar-refractivity contribution is 7.79. The minimum atomic E-state index is -0.517. The molecule has 0 unspecified atom stereocenters. The summed E-state index contributed by atoms with van der Waals surface area (Å²) in [5.74, 6) is 1.06. The maximum atomic E-state index is 13.6. The van der Waals surface area contributed by atoms with Gasteiger partial charge in [-0.3, -0.25) is 9.59 Å². The van der Waals surface area contributed by atoms with Gasteiger partial charge in [-0.2, -0.15) is 17.6 Å². The molecule has 0 radical (unpaired) electrons. The van der Waals surface area contributed by atoms with Crippen molar-refractivity contribution < 1.29 is 9.53 Å². The molecule has 0 fully saturated rings. The maximum absolute atomic E-state index is 13.6. The maximum Gasteiger partial charge on any atom is 0.316 e. The summed E-state index contributed by atoms with van der Waals surface area (Å²) in [4.78, 5) is 33.2. The molecule has 0 aliphatic carbocycles. The van der Waals surface area contributed by atoms with E-state index >= 15 is 0 Å². The summed E-state index contributed by atoms with van der Waals surface area (Å²) in [6.07, 6.45) is 0.417. The van der Waals surface area contributed by atoms with Crippen LogP contribution in [0, 0.1) is 0 Å². The summed E-state index contributed by atoms with van der Waals surface area (Å²) in [7, 11) is 0. The molecule has 0 saturated carbocycles. The van der Waals surface area contributed by atoms with E-state index in [0.717, 1.165) is 27.8 Å². The van der Waals surface area contributed by atoms with Gasteiger partial charge in [0.25, 0.3) is 5.91 Å². The van der Waals surface area contributed by atoms with E-state index in [4.69, 9.17) is 4.74 Å². The zero-order valence-corrected chi connectivity index (χ0v) is 22.5. The van der Waals surface area contributed by atoms with Crippen LogP contribution in [0.15, 0.2) is 83.7 Å². The third kappa shape index (κ3) is 5.24. The Labute approximate surface area is 228 Å². The number of hydrogen-bond donors (Lipinski definition) is 1.